The molecule has 0 amide bonds. The van der Waals surface area contributed by atoms with Crippen LogP contribution in [-0.2, 0) is 13.1 Å². The molecule has 0 spiro atoms. The second kappa shape index (κ2) is 6.90. The van der Waals surface area contributed by atoms with E-state index >= 15 is 0 Å². The number of nitrogens with zero attached hydrogens (tertiary/aromatic N) is 4. The highest BCUT2D eigenvalue weighted by Crippen LogP contribution is 2.20. The zero-order valence-corrected chi connectivity index (χ0v) is 14.6. The molecule has 4 aromatic rings. The highest BCUT2D eigenvalue weighted by Gasteiger charge is 2.09. The Morgan fingerprint density at radius 3 is 2.88 bits per heavy atom. The standard InChI is InChI=1S/C18H18N6S/c1-13-9-22-24-17(21-11-14-4-2-6-19-10-14)8-16(23-18(13)24)20-12-15-5-3-7-25-15/h2-10,21H,11-12H2,1H3,(H,20,23). The van der Waals surface area contributed by atoms with E-state index in [9.17, 15) is 0 Å². The van der Waals surface area contributed by atoms with Crippen molar-refractivity contribution >= 4 is 28.6 Å². The van der Waals surface area contributed by atoms with Crippen LogP contribution in [-0.4, -0.2) is 19.6 Å². The van der Waals surface area contributed by atoms with E-state index in [-0.39, 0.29) is 0 Å². The van der Waals surface area contributed by atoms with E-state index in [1.54, 1.807) is 17.5 Å². The predicted molar refractivity (Wildman–Crippen MR) is 101 cm³/mol. The van der Waals surface area contributed by atoms with Crippen molar-refractivity contribution < 1.29 is 0 Å². The fourth-order valence-corrected chi connectivity index (χ4v) is 3.22. The van der Waals surface area contributed by atoms with E-state index in [2.05, 4.69) is 38.2 Å². The van der Waals surface area contributed by atoms with Crippen LogP contribution in [0.25, 0.3) is 5.65 Å². The minimum Gasteiger partial charge on any atom is -0.366 e. The Morgan fingerprint density at radius 1 is 1.12 bits per heavy atom. The molecule has 0 bridgehead atoms. The van der Waals surface area contributed by atoms with Crippen LogP contribution in [0.15, 0.2) is 54.3 Å². The first-order chi connectivity index (χ1) is 12.3. The molecule has 0 unspecified atom stereocenters. The van der Waals surface area contributed by atoms with Gasteiger partial charge in [-0.15, -0.1) is 11.3 Å². The Labute approximate surface area is 149 Å². The summed E-state index contributed by atoms with van der Waals surface area (Å²) in [4.78, 5) is 10.1. The van der Waals surface area contributed by atoms with Gasteiger partial charge in [-0.1, -0.05) is 12.1 Å². The first-order valence-corrected chi connectivity index (χ1v) is 8.92. The molecule has 4 rings (SSSR count). The molecule has 2 N–H and O–H groups in total. The first-order valence-electron chi connectivity index (χ1n) is 8.04. The van der Waals surface area contributed by atoms with E-state index in [0.717, 1.165) is 35.0 Å². The molecular formula is C18H18N6S. The molecule has 4 aromatic heterocycles. The van der Waals surface area contributed by atoms with Crippen LogP contribution < -0.4 is 10.6 Å². The van der Waals surface area contributed by atoms with Gasteiger partial charge < -0.3 is 10.6 Å². The third-order valence-electron chi connectivity index (χ3n) is 3.87. The van der Waals surface area contributed by atoms with Crippen LogP contribution in [0.5, 0.6) is 0 Å². The average molecular weight is 350 g/mol. The van der Waals surface area contributed by atoms with Crippen molar-refractivity contribution in [1.29, 1.82) is 0 Å². The maximum Gasteiger partial charge on any atom is 0.162 e. The third kappa shape index (κ3) is 3.46. The number of aryl methyl sites for hydroxylation is 1. The van der Waals surface area contributed by atoms with Gasteiger partial charge >= 0.3 is 0 Å². The second-order valence-corrected chi connectivity index (χ2v) is 6.77. The van der Waals surface area contributed by atoms with Crippen molar-refractivity contribution in [1.82, 2.24) is 19.6 Å². The van der Waals surface area contributed by atoms with Crippen LogP contribution in [0.3, 0.4) is 0 Å². The lowest BCUT2D eigenvalue weighted by molar-refractivity contribution is 0.922. The first kappa shape index (κ1) is 15.6. The molecule has 0 aliphatic heterocycles. The maximum absolute atomic E-state index is 4.69. The predicted octanol–water partition coefficient (Wildman–Crippen LogP) is 3.72. The normalized spacial score (nSPS) is 10.9. The third-order valence-corrected chi connectivity index (χ3v) is 4.74. The molecule has 25 heavy (non-hydrogen) atoms. The molecule has 0 fully saturated rings. The Morgan fingerprint density at radius 2 is 2.08 bits per heavy atom. The van der Waals surface area contributed by atoms with Gasteiger partial charge in [-0.25, -0.2) is 4.98 Å². The largest absolute Gasteiger partial charge is 0.366 e. The summed E-state index contributed by atoms with van der Waals surface area (Å²) in [6, 6.07) is 10.1. The summed E-state index contributed by atoms with van der Waals surface area (Å²) < 4.78 is 1.84. The van der Waals surface area contributed by atoms with Crippen molar-refractivity contribution in [3.05, 3.63) is 70.3 Å². The number of hydrogen-bond acceptors (Lipinski definition) is 6. The maximum atomic E-state index is 4.69. The fraction of sp³-hybridized carbons (Fsp3) is 0.167. The second-order valence-electron chi connectivity index (χ2n) is 5.74. The van der Waals surface area contributed by atoms with Crippen LogP contribution in [0, 0.1) is 6.92 Å². The smallest absolute Gasteiger partial charge is 0.162 e. The lowest BCUT2D eigenvalue weighted by atomic mass is 10.3. The number of hydrogen-bond donors (Lipinski definition) is 2. The van der Waals surface area contributed by atoms with Gasteiger partial charge in [0.1, 0.15) is 11.6 Å². The summed E-state index contributed by atoms with van der Waals surface area (Å²) in [7, 11) is 0. The molecule has 0 saturated carbocycles. The monoisotopic (exact) mass is 350 g/mol. The van der Waals surface area contributed by atoms with E-state index in [0.29, 0.717) is 6.54 Å². The highest BCUT2D eigenvalue weighted by atomic mass is 32.1. The molecule has 0 aliphatic carbocycles. The summed E-state index contributed by atoms with van der Waals surface area (Å²) in [5.74, 6) is 1.73. The number of nitrogens with one attached hydrogen (secondary N) is 2. The van der Waals surface area contributed by atoms with E-state index in [1.807, 2.05) is 42.0 Å². The highest BCUT2D eigenvalue weighted by molar-refractivity contribution is 7.09. The molecule has 0 atom stereocenters. The van der Waals surface area contributed by atoms with Gasteiger partial charge in [-0.2, -0.15) is 9.61 Å². The number of pyridine rings is 1. The van der Waals surface area contributed by atoms with Crippen molar-refractivity contribution in [3.63, 3.8) is 0 Å². The minimum absolute atomic E-state index is 0.677. The summed E-state index contributed by atoms with van der Waals surface area (Å²) in [6.45, 7) is 3.45. The van der Waals surface area contributed by atoms with Gasteiger partial charge in [0.15, 0.2) is 5.65 Å². The Balaban J connectivity index is 1.59. The summed E-state index contributed by atoms with van der Waals surface area (Å²) in [6.07, 6.45) is 5.47. The van der Waals surface area contributed by atoms with Crippen LogP contribution in [0.4, 0.5) is 11.6 Å². The number of fused-ring (bicyclic) bond motifs is 1. The lowest BCUT2D eigenvalue weighted by Crippen LogP contribution is -2.09. The zero-order chi connectivity index (χ0) is 17.1. The molecule has 7 heteroatoms. The van der Waals surface area contributed by atoms with Crippen molar-refractivity contribution in [2.75, 3.05) is 10.6 Å². The fourth-order valence-electron chi connectivity index (χ4n) is 2.58. The quantitative estimate of drug-likeness (QED) is 0.555. The van der Waals surface area contributed by atoms with Gasteiger partial charge in [0, 0.05) is 35.4 Å². The van der Waals surface area contributed by atoms with E-state index in [4.69, 9.17) is 4.98 Å². The molecule has 0 aliphatic rings. The van der Waals surface area contributed by atoms with Crippen LogP contribution in [0.1, 0.15) is 16.0 Å². The Hall–Kier alpha value is -2.93. The van der Waals surface area contributed by atoms with Crippen molar-refractivity contribution in [2.45, 2.75) is 20.0 Å². The molecular weight excluding hydrogens is 332 g/mol. The average Bonchev–Trinajstić information content (AvgIpc) is 3.29. The molecule has 126 valence electrons. The van der Waals surface area contributed by atoms with Gasteiger partial charge in [0.05, 0.1) is 12.7 Å². The SMILES string of the molecule is Cc1cnn2c(NCc3cccnc3)cc(NCc3cccs3)nc12. The summed E-state index contributed by atoms with van der Waals surface area (Å²) in [5, 5.41) is 13.3. The summed E-state index contributed by atoms with van der Waals surface area (Å²) >= 11 is 1.73. The molecule has 0 aromatic carbocycles. The number of anilines is 2. The lowest BCUT2D eigenvalue weighted by Gasteiger charge is -2.11. The Bertz CT molecular complexity index is 962. The van der Waals surface area contributed by atoms with E-state index < -0.39 is 0 Å². The van der Waals surface area contributed by atoms with Gasteiger partial charge in [-0.3, -0.25) is 4.98 Å². The zero-order valence-electron chi connectivity index (χ0n) is 13.8. The van der Waals surface area contributed by atoms with Gasteiger partial charge in [-0.05, 0) is 30.0 Å². The van der Waals surface area contributed by atoms with Crippen molar-refractivity contribution in [3.8, 4) is 0 Å². The van der Waals surface area contributed by atoms with Crippen LogP contribution in [0.2, 0.25) is 0 Å². The summed E-state index contributed by atoms with van der Waals surface area (Å²) in [5.41, 5.74) is 3.01. The number of rotatable bonds is 6. The minimum atomic E-state index is 0.677. The van der Waals surface area contributed by atoms with Gasteiger partial charge in [0.2, 0.25) is 0 Å². The molecule has 4 heterocycles. The van der Waals surface area contributed by atoms with Crippen molar-refractivity contribution in [2.24, 2.45) is 0 Å². The van der Waals surface area contributed by atoms with Gasteiger partial charge in [0.25, 0.3) is 0 Å². The Kier molecular flexibility index (Phi) is 4.30. The van der Waals surface area contributed by atoms with E-state index in [1.165, 1.54) is 4.88 Å². The topological polar surface area (TPSA) is 67.1 Å². The number of aromatic nitrogens is 4. The van der Waals surface area contributed by atoms with Crippen LogP contribution >= 0.6 is 11.3 Å². The molecule has 6 nitrogen and oxygen atoms in total. The molecule has 0 radical (unpaired) electrons. The molecule has 0 saturated heterocycles. The number of thiophene rings is 1.